The van der Waals surface area contributed by atoms with Crippen LogP contribution in [-0.2, 0) is 16.1 Å². The van der Waals surface area contributed by atoms with E-state index < -0.39 is 11.8 Å². The molecular formula is C23H31N5O4. The van der Waals surface area contributed by atoms with E-state index in [9.17, 15) is 19.2 Å². The molecule has 0 spiro atoms. The Kier molecular flexibility index (Phi) is 8.35. The fourth-order valence-corrected chi connectivity index (χ4v) is 3.97. The fourth-order valence-electron chi connectivity index (χ4n) is 3.97. The smallest absolute Gasteiger partial charge is 0.290 e. The summed E-state index contributed by atoms with van der Waals surface area (Å²) in [6.07, 6.45) is 7.62. The molecule has 1 aromatic heterocycles. The predicted octanol–water partition coefficient (Wildman–Crippen LogP) is 2.04. The van der Waals surface area contributed by atoms with Crippen molar-refractivity contribution in [3.8, 4) is 0 Å². The maximum atomic E-state index is 12.8. The first-order chi connectivity index (χ1) is 15.5. The Labute approximate surface area is 186 Å². The second kappa shape index (κ2) is 11.4. The van der Waals surface area contributed by atoms with E-state index in [0.717, 1.165) is 51.4 Å². The van der Waals surface area contributed by atoms with Crippen molar-refractivity contribution in [2.24, 2.45) is 5.92 Å². The van der Waals surface area contributed by atoms with Crippen LogP contribution in [0.4, 0.5) is 0 Å². The number of nitrogens with one attached hydrogen (secondary N) is 3. The first-order valence-corrected chi connectivity index (χ1v) is 11.4. The lowest BCUT2D eigenvalue weighted by molar-refractivity contribution is -0.129. The number of aryl methyl sites for hydroxylation is 1. The zero-order chi connectivity index (χ0) is 22.9. The van der Waals surface area contributed by atoms with E-state index >= 15 is 0 Å². The molecule has 1 fully saturated rings. The van der Waals surface area contributed by atoms with Gasteiger partial charge >= 0.3 is 0 Å². The van der Waals surface area contributed by atoms with Gasteiger partial charge in [-0.15, -0.1) is 0 Å². The van der Waals surface area contributed by atoms with Crippen LogP contribution in [0.25, 0.3) is 10.8 Å². The molecule has 1 aromatic carbocycles. The highest BCUT2D eigenvalue weighted by molar-refractivity contribution is 6.05. The molecule has 1 aliphatic rings. The standard InChI is InChI=1S/C23H31N5O4/c1-2-3-9-14-28-23(32)18-13-8-7-12-17(18)20(27-28)22(31)26-25-19(29)15-24-21(30)16-10-5-4-6-11-16/h7-8,12-13,16H,2-6,9-11,14-15H2,1H3,(H,24,30)(H,25,29)(H,26,31). The summed E-state index contributed by atoms with van der Waals surface area (Å²) in [5, 5.41) is 7.70. The molecular weight excluding hydrogens is 410 g/mol. The van der Waals surface area contributed by atoms with Crippen LogP contribution in [0, 0.1) is 5.92 Å². The number of carbonyl (C=O) groups is 3. The monoisotopic (exact) mass is 441 g/mol. The van der Waals surface area contributed by atoms with Gasteiger partial charge < -0.3 is 5.32 Å². The van der Waals surface area contributed by atoms with Crippen LogP contribution in [-0.4, -0.2) is 34.0 Å². The average molecular weight is 442 g/mol. The van der Waals surface area contributed by atoms with Gasteiger partial charge in [-0.3, -0.25) is 30.0 Å². The van der Waals surface area contributed by atoms with E-state index in [1.807, 2.05) is 0 Å². The molecule has 0 unspecified atom stereocenters. The van der Waals surface area contributed by atoms with E-state index in [-0.39, 0.29) is 29.6 Å². The van der Waals surface area contributed by atoms with Crippen LogP contribution in [0.15, 0.2) is 29.1 Å². The van der Waals surface area contributed by atoms with Crippen LogP contribution in [0.1, 0.15) is 68.8 Å². The number of aromatic nitrogens is 2. The van der Waals surface area contributed by atoms with Crippen molar-refractivity contribution >= 4 is 28.5 Å². The van der Waals surface area contributed by atoms with Crippen molar-refractivity contribution in [3.05, 3.63) is 40.3 Å². The highest BCUT2D eigenvalue weighted by Gasteiger charge is 2.22. The molecule has 9 nitrogen and oxygen atoms in total. The maximum absolute atomic E-state index is 12.8. The lowest BCUT2D eigenvalue weighted by atomic mass is 9.89. The molecule has 0 bridgehead atoms. The van der Waals surface area contributed by atoms with E-state index in [1.165, 1.54) is 4.68 Å². The molecule has 0 radical (unpaired) electrons. The van der Waals surface area contributed by atoms with Crippen molar-refractivity contribution in [2.45, 2.75) is 64.8 Å². The lowest BCUT2D eigenvalue weighted by Gasteiger charge is -2.20. The SMILES string of the molecule is CCCCCn1nc(C(=O)NNC(=O)CNC(=O)C2CCCCC2)c2ccccc2c1=O. The van der Waals surface area contributed by atoms with Gasteiger partial charge in [0.2, 0.25) is 5.91 Å². The third kappa shape index (κ3) is 5.93. The van der Waals surface area contributed by atoms with E-state index in [4.69, 9.17) is 0 Å². The Morgan fingerprint density at radius 2 is 1.75 bits per heavy atom. The van der Waals surface area contributed by atoms with Gasteiger partial charge in [-0.1, -0.05) is 57.2 Å². The van der Waals surface area contributed by atoms with E-state index in [0.29, 0.717) is 17.3 Å². The Bertz CT molecular complexity index is 1030. The van der Waals surface area contributed by atoms with Crippen molar-refractivity contribution < 1.29 is 14.4 Å². The molecule has 1 heterocycles. The first-order valence-electron chi connectivity index (χ1n) is 11.4. The van der Waals surface area contributed by atoms with Crippen molar-refractivity contribution in [1.29, 1.82) is 0 Å². The molecule has 1 saturated carbocycles. The zero-order valence-electron chi connectivity index (χ0n) is 18.5. The van der Waals surface area contributed by atoms with E-state index in [1.54, 1.807) is 24.3 Å². The fraction of sp³-hybridized carbons (Fsp3) is 0.522. The molecule has 32 heavy (non-hydrogen) atoms. The molecule has 1 aliphatic carbocycles. The molecule has 0 atom stereocenters. The number of hydrogen-bond donors (Lipinski definition) is 3. The summed E-state index contributed by atoms with van der Waals surface area (Å²) in [5.74, 6) is -1.34. The van der Waals surface area contributed by atoms with Crippen LogP contribution in [0.5, 0.6) is 0 Å². The van der Waals surface area contributed by atoms with Gasteiger partial charge in [-0.25, -0.2) is 4.68 Å². The molecule has 3 amide bonds. The van der Waals surface area contributed by atoms with Crippen molar-refractivity contribution in [2.75, 3.05) is 6.54 Å². The van der Waals surface area contributed by atoms with Gasteiger partial charge in [0, 0.05) is 17.8 Å². The molecule has 3 rings (SSSR count). The Balaban J connectivity index is 1.63. The quantitative estimate of drug-likeness (QED) is 0.427. The number of nitrogens with zero attached hydrogens (tertiary/aromatic N) is 2. The van der Waals surface area contributed by atoms with E-state index in [2.05, 4.69) is 28.2 Å². The molecule has 2 aromatic rings. The molecule has 172 valence electrons. The topological polar surface area (TPSA) is 122 Å². The second-order valence-electron chi connectivity index (χ2n) is 8.18. The van der Waals surface area contributed by atoms with Crippen LogP contribution < -0.4 is 21.7 Å². The van der Waals surface area contributed by atoms with Gasteiger partial charge in [-0.05, 0) is 25.3 Å². The summed E-state index contributed by atoms with van der Waals surface area (Å²) in [7, 11) is 0. The highest BCUT2D eigenvalue weighted by Crippen LogP contribution is 2.23. The molecule has 0 saturated heterocycles. The number of unbranched alkanes of at least 4 members (excludes halogenated alkanes) is 2. The number of hydrogen-bond acceptors (Lipinski definition) is 5. The third-order valence-electron chi connectivity index (χ3n) is 5.77. The second-order valence-corrected chi connectivity index (χ2v) is 8.18. The average Bonchev–Trinajstić information content (AvgIpc) is 2.83. The number of amides is 3. The van der Waals surface area contributed by atoms with Crippen LogP contribution in [0.3, 0.4) is 0 Å². The largest absolute Gasteiger partial charge is 0.347 e. The molecule has 3 N–H and O–H groups in total. The molecule has 0 aliphatic heterocycles. The highest BCUT2D eigenvalue weighted by atomic mass is 16.2. The Morgan fingerprint density at radius 3 is 2.47 bits per heavy atom. The van der Waals surface area contributed by atoms with Crippen LogP contribution >= 0.6 is 0 Å². The summed E-state index contributed by atoms with van der Waals surface area (Å²) in [5.41, 5.74) is 4.46. The number of hydrazine groups is 1. The maximum Gasteiger partial charge on any atom is 0.290 e. The number of rotatable bonds is 8. The van der Waals surface area contributed by atoms with Gasteiger partial charge in [0.15, 0.2) is 5.69 Å². The van der Waals surface area contributed by atoms with Crippen LogP contribution in [0.2, 0.25) is 0 Å². The Hall–Kier alpha value is -3.23. The summed E-state index contributed by atoms with van der Waals surface area (Å²) in [6.45, 7) is 2.26. The summed E-state index contributed by atoms with van der Waals surface area (Å²) in [4.78, 5) is 49.7. The zero-order valence-corrected chi connectivity index (χ0v) is 18.5. The number of benzene rings is 1. The van der Waals surface area contributed by atoms with Gasteiger partial charge in [0.1, 0.15) is 0 Å². The van der Waals surface area contributed by atoms with Gasteiger partial charge in [0.25, 0.3) is 17.4 Å². The normalized spacial score (nSPS) is 14.2. The summed E-state index contributed by atoms with van der Waals surface area (Å²) >= 11 is 0. The van der Waals surface area contributed by atoms with Crippen molar-refractivity contribution in [1.82, 2.24) is 25.9 Å². The van der Waals surface area contributed by atoms with Gasteiger partial charge in [-0.2, -0.15) is 5.10 Å². The minimum absolute atomic E-state index is 0.0459. The third-order valence-corrected chi connectivity index (χ3v) is 5.77. The van der Waals surface area contributed by atoms with Gasteiger partial charge in [0.05, 0.1) is 11.9 Å². The predicted molar refractivity (Wildman–Crippen MR) is 121 cm³/mol. The molecule has 9 heteroatoms. The first kappa shape index (κ1) is 23.4. The number of fused-ring (bicyclic) bond motifs is 1. The summed E-state index contributed by atoms with van der Waals surface area (Å²) < 4.78 is 1.30. The summed E-state index contributed by atoms with van der Waals surface area (Å²) in [6, 6.07) is 6.77. The lowest BCUT2D eigenvalue weighted by Crippen LogP contribution is -2.47. The minimum atomic E-state index is -0.627. The minimum Gasteiger partial charge on any atom is -0.347 e. The number of carbonyl (C=O) groups excluding carboxylic acids is 3. The van der Waals surface area contributed by atoms with Crippen molar-refractivity contribution in [3.63, 3.8) is 0 Å². The Morgan fingerprint density at radius 1 is 1.03 bits per heavy atom.